The second-order valence-corrected chi connectivity index (χ2v) is 7.24. The van der Waals surface area contributed by atoms with Gasteiger partial charge in [-0.2, -0.15) is 0 Å². The van der Waals surface area contributed by atoms with Gasteiger partial charge in [-0.05, 0) is 49.6 Å². The Labute approximate surface area is 169 Å². The van der Waals surface area contributed by atoms with Crippen LogP contribution in [0.2, 0.25) is 0 Å². The summed E-state index contributed by atoms with van der Waals surface area (Å²) in [5, 5.41) is 15.0. The van der Waals surface area contributed by atoms with Gasteiger partial charge in [-0.15, -0.1) is 0 Å². The lowest BCUT2D eigenvalue weighted by Crippen LogP contribution is -2.47. The molecule has 29 heavy (non-hydrogen) atoms. The fourth-order valence-electron chi connectivity index (χ4n) is 3.40. The number of aliphatic carboxylic acids is 1. The number of benzene rings is 2. The lowest BCUT2D eigenvalue weighted by Gasteiger charge is -2.31. The zero-order valence-corrected chi connectivity index (χ0v) is 16.3. The number of carbonyl (C=O) groups is 3. The molecular formula is C22H25N3O4. The first-order chi connectivity index (χ1) is 13.9. The molecule has 2 aromatic rings. The first kappa shape index (κ1) is 20.4. The van der Waals surface area contributed by atoms with E-state index in [1.807, 2.05) is 31.2 Å². The average molecular weight is 395 g/mol. The number of anilines is 1. The topological polar surface area (TPSA) is 98.7 Å². The van der Waals surface area contributed by atoms with Crippen molar-refractivity contribution in [2.75, 3.05) is 18.4 Å². The number of piperidine rings is 1. The molecule has 3 rings (SSSR count). The molecule has 1 aliphatic heterocycles. The molecule has 0 bridgehead atoms. The lowest BCUT2D eigenvalue weighted by atomic mass is 9.98. The van der Waals surface area contributed by atoms with Gasteiger partial charge in [0.15, 0.2) is 0 Å². The largest absolute Gasteiger partial charge is 0.481 e. The maximum Gasteiger partial charge on any atom is 0.317 e. The summed E-state index contributed by atoms with van der Waals surface area (Å²) in [6.45, 7) is 2.63. The molecule has 0 saturated carbocycles. The molecule has 1 saturated heterocycles. The van der Waals surface area contributed by atoms with Crippen LogP contribution in [-0.2, 0) is 4.79 Å². The Morgan fingerprint density at radius 3 is 2.59 bits per heavy atom. The zero-order chi connectivity index (χ0) is 20.8. The number of carboxylic acid groups (broad SMARTS) is 1. The molecule has 0 aromatic heterocycles. The van der Waals surface area contributed by atoms with Crippen LogP contribution in [0.15, 0.2) is 54.6 Å². The quantitative estimate of drug-likeness (QED) is 0.721. The summed E-state index contributed by atoms with van der Waals surface area (Å²) in [5.41, 5.74) is 2.05. The predicted octanol–water partition coefficient (Wildman–Crippen LogP) is 3.51. The molecule has 152 valence electrons. The monoisotopic (exact) mass is 395 g/mol. The van der Waals surface area contributed by atoms with E-state index in [0.717, 1.165) is 5.56 Å². The van der Waals surface area contributed by atoms with Crippen LogP contribution >= 0.6 is 0 Å². The molecule has 7 heteroatoms. The molecule has 2 unspecified atom stereocenters. The smallest absolute Gasteiger partial charge is 0.317 e. The van der Waals surface area contributed by atoms with Gasteiger partial charge in [0.05, 0.1) is 12.0 Å². The number of nitrogens with one attached hydrogen (secondary N) is 2. The highest BCUT2D eigenvalue weighted by molar-refractivity contribution is 6.04. The van der Waals surface area contributed by atoms with Gasteiger partial charge in [0.2, 0.25) is 0 Å². The van der Waals surface area contributed by atoms with Crippen molar-refractivity contribution >= 4 is 23.6 Å². The molecular weight excluding hydrogens is 370 g/mol. The van der Waals surface area contributed by atoms with Crippen LogP contribution in [0.4, 0.5) is 10.5 Å². The first-order valence-electron chi connectivity index (χ1n) is 9.68. The highest BCUT2D eigenvalue weighted by Crippen LogP contribution is 2.20. The standard InChI is InChI=1S/C22H25N3O4/c1-15(23-22(29)25-12-6-10-18(14-25)21(27)28)17-9-5-11-19(13-17)24-20(26)16-7-3-2-4-8-16/h2-5,7-9,11,13,15,18H,6,10,12,14H2,1H3,(H,23,29)(H,24,26)(H,27,28). The number of hydrogen-bond donors (Lipinski definition) is 3. The molecule has 3 amide bonds. The Hall–Kier alpha value is -3.35. The van der Waals surface area contributed by atoms with Crippen molar-refractivity contribution in [1.82, 2.24) is 10.2 Å². The number of rotatable bonds is 5. The zero-order valence-electron chi connectivity index (χ0n) is 16.3. The molecule has 7 nitrogen and oxygen atoms in total. The minimum atomic E-state index is -0.864. The van der Waals surface area contributed by atoms with Crippen molar-refractivity contribution in [2.24, 2.45) is 5.92 Å². The third-order valence-corrected chi connectivity index (χ3v) is 5.08. The van der Waals surface area contributed by atoms with E-state index < -0.39 is 11.9 Å². The third kappa shape index (κ3) is 5.34. The molecule has 3 N–H and O–H groups in total. The van der Waals surface area contributed by atoms with Gasteiger partial charge >= 0.3 is 12.0 Å². The van der Waals surface area contributed by atoms with Crippen LogP contribution in [0.1, 0.15) is 41.7 Å². The van der Waals surface area contributed by atoms with Gasteiger partial charge in [0.1, 0.15) is 0 Å². The van der Waals surface area contributed by atoms with Crippen LogP contribution in [0, 0.1) is 5.92 Å². The van der Waals surface area contributed by atoms with E-state index in [1.54, 1.807) is 35.2 Å². The molecule has 2 aromatic carbocycles. The number of urea groups is 1. The summed E-state index contributed by atoms with van der Waals surface area (Å²) in [5.74, 6) is -1.58. The van der Waals surface area contributed by atoms with Crippen LogP contribution < -0.4 is 10.6 Å². The van der Waals surface area contributed by atoms with E-state index in [1.165, 1.54) is 0 Å². The minimum absolute atomic E-state index is 0.201. The average Bonchev–Trinajstić information content (AvgIpc) is 2.74. The Balaban J connectivity index is 1.61. The number of carbonyl (C=O) groups excluding carboxylic acids is 2. The second-order valence-electron chi connectivity index (χ2n) is 7.24. The van der Waals surface area contributed by atoms with Crippen LogP contribution in [0.5, 0.6) is 0 Å². The number of carboxylic acids is 1. The van der Waals surface area contributed by atoms with E-state index >= 15 is 0 Å². The van der Waals surface area contributed by atoms with Gasteiger partial charge in [-0.25, -0.2) is 4.79 Å². The Morgan fingerprint density at radius 2 is 1.86 bits per heavy atom. The Kier molecular flexibility index (Phi) is 6.49. The van der Waals surface area contributed by atoms with Crippen LogP contribution in [-0.4, -0.2) is 41.0 Å². The van der Waals surface area contributed by atoms with E-state index in [0.29, 0.717) is 30.6 Å². The maximum absolute atomic E-state index is 12.5. The van der Waals surface area contributed by atoms with Gasteiger partial charge in [0, 0.05) is 24.3 Å². The van der Waals surface area contributed by atoms with E-state index in [2.05, 4.69) is 10.6 Å². The number of hydrogen-bond acceptors (Lipinski definition) is 3. The Bertz CT molecular complexity index is 885. The van der Waals surface area contributed by atoms with Crippen molar-refractivity contribution < 1.29 is 19.5 Å². The fourth-order valence-corrected chi connectivity index (χ4v) is 3.40. The number of amides is 3. The van der Waals surface area contributed by atoms with E-state index in [9.17, 15) is 19.5 Å². The highest BCUT2D eigenvalue weighted by Gasteiger charge is 2.28. The molecule has 0 spiro atoms. The molecule has 0 radical (unpaired) electrons. The molecule has 1 heterocycles. The summed E-state index contributed by atoms with van der Waals surface area (Å²) in [6, 6.07) is 15.7. The first-order valence-corrected chi connectivity index (χ1v) is 9.68. The van der Waals surface area contributed by atoms with Crippen molar-refractivity contribution in [1.29, 1.82) is 0 Å². The number of nitrogens with zero attached hydrogens (tertiary/aromatic N) is 1. The Morgan fingerprint density at radius 1 is 1.10 bits per heavy atom. The second kappa shape index (κ2) is 9.23. The SMILES string of the molecule is CC(NC(=O)N1CCCC(C(=O)O)C1)c1cccc(NC(=O)c2ccccc2)c1. The highest BCUT2D eigenvalue weighted by atomic mass is 16.4. The third-order valence-electron chi connectivity index (χ3n) is 5.08. The summed E-state index contributed by atoms with van der Waals surface area (Å²) in [6.07, 6.45) is 1.28. The van der Waals surface area contributed by atoms with E-state index in [4.69, 9.17) is 0 Å². The summed E-state index contributed by atoms with van der Waals surface area (Å²) in [7, 11) is 0. The van der Waals surface area contributed by atoms with Crippen molar-refractivity contribution in [3.8, 4) is 0 Å². The summed E-state index contributed by atoms with van der Waals surface area (Å²) < 4.78 is 0. The van der Waals surface area contributed by atoms with Gasteiger partial charge in [-0.3, -0.25) is 9.59 Å². The van der Waals surface area contributed by atoms with Crippen LogP contribution in [0.25, 0.3) is 0 Å². The lowest BCUT2D eigenvalue weighted by molar-refractivity contribution is -0.143. The minimum Gasteiger partial charge on any atom is -0.481 e. The van der Waals surface area contributed by atoms with Crippen molar-refractivity contribution in [3.63, 3.8) is 0 Å². The maximum atomic E-state index is 12.5. The molecule has 2 atom stereocenters. The van der Waals surface area contributed by atoms with Crippen molar-refractivity contribution in [2.45, 2.75) is 25.8 Å². The van der Waals surface area contributed by atoms with Gasteiger partial charge in [-0.1, -0.05) is 30.3 Å². The molecule has 1 aliphatic rings. The van der Waals surface area contributed by atoms with Gasteiger partial charge < -0.3 is 20.6 Å². The summed E-state index contributed by atoms with van der Waals surface area (Å²) in [4.78, 5) is 37.6. The molecule has 0 aliphatic carbocycles. The number of likely N-dealkylation sites (tertiary alicyclic amines) is 1. The fraction of sp³-hybridized carbons (Fsp3) is 0.318. The van der Waals surface area contributed by atoms with Crippen molar-refractivity contribution in [3.05, 3.63) is 65.7 Å². The van der Waals surface area contributed by atoms with Crippen LogP contribution in [0.3, 0.4) is 0 Å². The van der Waals surface area contributed by atoms with E-state index in [-0.39, 0.29) is 24.5 Å². The summed E-state index contributed by atoms with van der Waals surface area (Å²) >= 11 is 0. The molecule has 1 fully saturated rings. The van der Waals surface area contributed by atoms with Gasteiger partial charge in [0.25, 0.3) is 5.91 Å². The predicted molar refractivity (Wildman–Crippen MR) is 110 cm³/mol. The normalized spacial score (nSPS) is 17.3.